The maximum absolute atomic E-state index is 13.3. The molecule has 32 heavy (non-hydrogen) atoms. The summed E-state index contributed by atoms with van der Waals surface area (Å²) in [5, 5.41) is 1.09. The summed E-state index contributed by atoms with van der Waals surface area (Å²) in [5.41, 5.74) is 3.83. The average molecular weight is 432 g/mol. The number of rotatable bonds is 5. The van der Waals surface area contributed by atoms with Crippen molar-refractivity contribution < 1.29 is 9.59 Å². The van der Waals surface area contributed by atoms with Crippen LogP contribution < -0.4 is 4.90 Å². The topological polar surface area (TPSA) is 82.2 Å². The van der Waals surface area contributed by atoms with Gasteiger partial charge in [-0.05, 0) is 37.3 Å². The number of aromatic nitrogens is 3. The van der Waals surface area contributed by atoms with Crippen molar-refractivity contribution in [2.24, 2.45) is 5.92 Å². The minimum atomic E-state index is -0.145. The first kappa shape index (κ1) is 20.7. The summed E-state index contributed by atoms with van der Waals surface area (Å²) >= 11 is 0. The van der Waals surface area contributed by atoms with Gasteiger partial charge in [-0.3, -0.25) is 14.5 Å². The van der Waals surface area contributed by atoms with Crippen LogP contribution in [0.15, 0.2) is 30.5 Å². The first-order valence-electron chi connectivity index (χ1n) is 11.4. The molecule has 166 valence electrons. The summed E-state index contributed by atoms with van der Waals surface area (Å²) in [7, 11) is 0. The molecular formula is C25H29N5O2. The van der Waals surface area contributed by atoms with Gasteiger partial charge in [0.25, 0.3) is 0 Å². The van der Waals surface area contributed by atoms with E-state index in [-0.39, 0.29) is 17.9 Å². The first-order valence-corrected chi connectivity index (χ1v) is 11.4. The standard InChI is InChI=1S/C25H29N5O2/c1-15(2)14-30-23(32)12-19-16(3)27-24(28-25(19)30)21-9-6-10-29(21)22(31)11-17-13-26-20-8-5-4-7-18(17)20/h4-5,7-8,13,15,21,26H,6,9-12,14H2,1-3H3/t21-/m0/s1. The zero-order valence-electron chi connectivity index (χ0n) is 18.9. The van der Waals surface area contributed by atoms with E-state index in [2.05, 4.69) is 18.8 Å². The van der Waals surface area contributed by atoms with Crippen LogP contribution in [0.25, 0.3) is 10.9 Å². The highest BCUT2D eigenvalue weighted by molar-refractivity contribution is 6.00. The highest BCUT2D eigenvalue weighted by atomic mass is 16.2. The number of aromatic amines is 1. The van der Waals surface area contributed by atoms with Crippen molar-refractivity contribution in [1.82, 2.24) is 19.9 Å². The van der Waals surface area contributed by atoms with Gasteiger partial charge in [-0.1, -0.05) is 32.0 Å². The predicted molar refractivity (Wildman–Crippen MR) is 123 cm³/mol. The normalized spacial score (nSPS) is 18.2. The number of hydrogen-bond donors (Lipinski definition) is 1. The van der Waals surface area contributed by atoms with E-state index in [9.17, 15) is 9.59 Å². The fourth-order valence-corrected chi connectivity index (χ4v) is 4.98. The molecule has 0 radical (unpaired) electrons. The number of carbonyl (C=O) groups is 2. The minimum Gasteiger partial charge on any atom is -0.361 e. The molecule has 2 aliphatic heterocycles. The van der Waals surface area contributed by atoms with Crippen molar-refractivity contribution in [3.8, 4) is 0 Å². The molecule has 0 bridgehead atoms. The third-order valence-corrected chi connectivity index (χ3v) is 6.53. The molecule has 0 unspecified atom stereocenters. The molecule has 1 atom stereocenters. The number of nitrogens with one attached hydrogen (secondary N) is 1. The third-order valence-electron chi connectivity index (χ3n) is 6.53. The quantitative estimate of drug-likeness (QED) is 0.668. The number of hydrogen-bond acceptors (Lipinski definition) is 4. The molecule has 3 aromatic rings. The largest absolute Gasteiger partial charge is 0.361 e. The Labute approximate surface area is 187 Å². The van der Waals surface area contributed by atoms with E-state index in [1.54, 1.807) is 4.90 Å². The summed E-state index contributed by atoms with van der Waals surface area (Å²) < 4.78 is 0. The zero-order chi connectivity index (χ0) is 22.4. The molecular weight excluding hydrogens is 402 g/mol. The van der Waals surface area contributed by atoms with Crippen molar-refractivity contribution in [2.45, 2.75) is 52.5 Å². The Morgan fingerprint density at radius 1 is 1.25 bits per heavy atom. The third kappa shape index (κ3) is 3.55. The number of H-pyrrole nitrogens is 1. The Hall–Kier alpha value is -3.22. The molecule has 2 aliphatic rings. The van der Waals surface area contributed by atoms with Crippen LogP contribution in [0.4, 0.5) is 5.82 Å². The van der Waals surface area contributed by atoms with Gasteiger partial charge in [0, 0.05) is 41.4 Å². The Kier molecular flexibility index (Phi) is 5.19. The predicted octanol–water partition coefficient (Wildman–Crippen LogP) is 3.72. The summed E-state index contributed by atoms with van der Waals surface area (Å²) in [6.45, 7) is 7.50. The number of fused-ring (bicyclic) bond motifs is 2. The molecule has 1 aromatic carbocycles. The molecule has 1 fully saturated rings. The summed E-state index contributed by atoms with van der Waals surface area (Å²) in [6.07, 6.45) is 4.41. The van der Waals surface area contributed by atoms with Crippen LogP contribution >= 0.6 is 0 Å². The highest BCUT2D eigenvalue weighted by Crippen LogP contribution is 2.35. The lowest BCUT2D eigenvalue weighted by Gasteiger charge is -2.25. The van der Waals surface area contributed by atoms with E-state index in [1.807, 2.05) is 42.3 Å². The fraction of sp³-hybridized carbons (Fsp3) is 0.440. The summed E-state index contributed by atoms with van der Waals surface area (Å²) in [6, 6.07) is 7.90. The van der Waals surface area contributed by atoms with Crippen molar-refractivity contribution in [1.29, 1.82) is 0 Å². The molecule has 0 spiro atoms. The SMILES string of the molecule is Cc1nc([C@@H]2CCCN2C(=O)Cc2c[nH]c3ccccc23)nc2c1CC(=O)N2CC(C)C. The Bertz CT molecular complexity index is 1200. The van der Waals surface area contributed by atoms with Gasteiger partial charge in [0.15, 0.2) is 5.82 Å². The van der Waals surface area contributed by atoms with E-state index in [1.165, 1.54) is 0 Å². The Morgan fingerprint density at radius 2 is 2.06 bits per heavy atom. The van der Waals surface area contributed by atoms with Crippen LogP contribution in [0, 0.1) is 12.8 Å². The van der Waals surface area contributed by atoms with Crippen molar-refractivity contribution >= 4 is 28.5 Å². The molecule has 7 nitrogen and oxygen atoms in total. The number of para-hydroxylation sites is 1. The minimum absolute atomic E-state index is 0.0851. The van der Waals surface area contributed by atoms with Crippen LogP contribution in [-0.2, 0) is 22.4 Å². The van der Waals surface area contributed by atoms with Gasteiger partial charge in [0.1, 0.15) is 5.82 Å². The van der Waals surface area contributed by atoms with Gasteiger partial charge in [-0.2, -0.15) is 0 Å². The number of anilines is 1. The van der Waals surface area contributed by atoms with Gasteiger partial charge in [0.05, 0.1) is 18.9 Å². The van der Waals surface area contributed by atoms with Crippen molar-refractivity contribution in [2.75, 3.05) is 18.0 Å². The van der Waals surface area contributed by atoms with Crippen LogP contribution in [0.5, 0.6) is 0 Å². The number of aryl methyl sites for hydroxylation is 1. The first-order chi connectivity index (χ1) is 15.4. The van der Waals surface area contributed by atoms with E-state index < -0.39 is 0 Å². The average Bonchev–Trinajstić information content (AvgIpc) is 3.47. The fourth-order valence-electron chi connectivity index (χ4n) is 4.98. The van der Waals surface area contributed by atoms with Crippen LogP contribution in [-0.4, -0.2) is 44.8 Å². The number of benzene rings is 1. The lowest BCUT2D eigenvalue weighted by atomic mass is 10.1. The van der Waals surface area contributed by atoms with E-state index >= 15 is 0 Å². The van der Waals surface area contributed by atoms with Gasteiger partial charge in [-0.25, -0.2) is 9.97 Å². The molecule has 0 aliphatic carbocycles. The molecule has 4 heterocycles. The molecule has 7 heteroatoms. The van der Waals surface area contributed by atoms with E-state index in [0.29, 0.717) is 37.7 Å². The molecule has 2 aromatic heterocycles. The van der Waals surface area contributed by atoms with E-state index in [0.717, 1.165) is 46.4 Å². The number of amides is 2. The maximum atomic E-state index is 13.3. The molecule has 5 rings (SSSR count). The second-order valence-corrected chi connectivity index (χ2v) is 9.33. The Morgan fingerprint density at radius 3 is 2.88 bits per heavy atom. The molecule has 0 saturated carbocycles. The number of carbonyl (C=O) groups excluding carboxylic acids is 2. The van der Waals surface area contributed by atoms with E-state index in [4.69, 9.17) is 9.97 Å². The van der Waals surface area contributed by atoms with Gasteiger partial charge in [0.2, 0.25) is 11.8 Å². The lowest BCUT2D eigenvalue weighted by Crippen LogP contribution is -2.34. The summed E-state index contributed by atoms with van der Waals surface area (Å²) in [5.74, 6) is 1.93. The molecule has 1 N–H and O–H groups in total. The second-order valence-electron chi connectivity index (χ2n) is 9.33. The molecule has 1 saturated heterocycles. The highest BCUT2D eigenvalue weighted by Gasteiger charge is 2.36. The monoisotopic (exact) mass is 431 g/mol. The van der Waals surface area contributed by atoms with Crippen molar-refractivity contribution in [3.63, 3.8) is 0 Å². The number of likely N-dealkylation sites (tertiary alicyclic amines) is 1. The second kappa shape index (κ2) is 8.04. The zero-order valence-corrected chi connectivity index (χ0v) is 18.9. The van der Waals surface area contributed by atoms with Crippen LogP contribution in [0.2, 0.25) is 0 Å². The smallest absolute Gasteiger partial charge is 0.232 e. The summed E-state index contributed by atoms with van der Waals surface area (Å²) in [4.78, 5) is 42.5. The van der Waals surface area contributed by atoms with Crippen LogP contribution in [0.1, 0.15) is 55.4 Å². The molecule has 2 amide bonds. The number of nitrogens with zero attached hydrogens (tertiary/aromatic N) is 4. The van der Waals surface area contributed by atoms with Gasteiger partial charge < -0.3 is 9.88 Å². The van der Waals surface area contributed by atoms with Crippen LogP contribution in [0.3, 0.4) is 0 Å². The lowest BCUT2D eigenvalue weighted by molar-refractivity contribution is -0.131. The van der Waals surface area contributed by atoms with Gasteiger partial charge in [-0.15, -0.1) is 0 Å². The van der Waals surface area contributed by atoms with Crippen molar-refractivity contribution in [3.05, 3.63) is 53.1 Å². The maximum Gasteiger partial charge on any atom is 0.232 e. The Balaban J connectivity index is 1.42. The van der Waals surface area contributed by atoms with Gasteiger partial charge >= 0.3 is 0 Å².